The van der Waals surface area contributed by atoms with Crippen LogP contribution < -0.4 is 25.4 Å². The predicted octanol–water partition coefficient (Wildman–Crippen LogP) is 2.93. The highest BCUT2D eigenvalue weighted by atomic mass is 19.2. The van der Waals surface area contributed by atoms with Crippen molar-refractivity contribution in [3.63, 3.8) is 0 Å². The van der Waals surface area contributed by atoms with Gasteiger partial charge < -0.3 is 25.4 Å². The highest BCUT2D eigenvalue weighted by molar-refractivity contribution is 6.05. The van der Waals surface area contributed by atoms with Gasteiger partial charge in [0.1, 0.15) is 11.4 Å². The molecule has 146 valence electrons. The molecule has 28 heavy (non-hydrogen) atoms. The van der Waals surface area contributed by atoms with Crippen molar-refractivity contribution in [1.29, 1.82) is 0 Å². The van der Waals surface area contributed by atoms with Gasteiger partial charge in [0.05, 0.1) is 12.7 Å². The Hall–Kier alpha value is -3.43. The van der Waals surface area contributed by atoms with Crippen molar-refractivity contribution in [3.05, 3.63) is 29.5 Å². The third-order valence-corrected chi connectivity index (χ3v) is 4.50. The number of anilines is 3. The summed E-state index contributed by atoms with van der Waals surface area (Å²) >= 11 is 0. The number of halogens is 2. The minimum Gasteiger partial charge on any atom is -0.491 e. The number of fused-ring (bicyclic) bond motifs is 2. The molecular formula is C18H16F2N4O4. The summed E-state index contributed by atoms with van der Waals surface area (Å²) in [6, 6.07) is 0.849. The number of rotatable bonds is 4. The van der Waals surface area contributed by atoms with Gasteiger partial charge in [0, 0.05) is 25.2 Å². The van der Waals surface area contributed by atoms with Crippen LogP contribution in [0.25, 0.3) is 0 Å². The topological polar surface area (TPSA) is 102 Å². The average Bonchev–Trinajstić information content (AvgIpc) is 3.53. The fourth-order valence-electron chi connectivity index (χ4n) is 2.88. The van der Waals surface area contributed by atoms with Crippen molar-refractivity contribution >= 4 is 29.0 Å². The molecule has 0 atom stereocenters. The quantitative estimate of drug-likeness (QED) is 0.633. The number of hydrogen-bond acceptors (Lipinski definition) is 6. The lowest BCUT2D eigenvalue weighted by Gasteiger charge is -2.26. The van der Waals surface area contributed by atoms with Gasteiger partial charge >= 0.3 is 0 Å². The molecule has 0 spiro atoms. The van der Waals surface area contributed by atoms with E-state index < -0.39 is 23.3 Å². The summed E-state index contributed by atoms with van der Waals surface area (Å²) in [6.45, 7) is 0. The largest absolute Gasteiger partial charge is 0.491 e. The molecule has 3 N–H and O–H groups in total. The number of aromatic nitrogens is 1. The summed E-state index contributed by atoms with van der Waals surface area (Å²) in [5.74, 6) is -3.53. The van der Waals surface area contributed by atoms with E-state index in [1.54, 1.807) is 0 Å². The smallest absolute Gasteiger partial charge is 0.254 e. The third-order valence-electron chi connectivity index (χ3n) is 4.50. The Bertz CT molecular complexity index is 1010. The molecule has 1 aromatic heterocycles. The minimum absolute atomic E-state index is 0.0183. The first kappa shape index (κ1) is 18.0. The van der Waals surface area contributed by atoms with Crippen LogP contribution in [0.5, 0.6) is 17.2 Å². The zero-order chi connectivity index (χ0) is 20.0. The number of carbonyl (C=O) groups excluding carboxylic acids is 2. The van der Waals surface area contributed by atoms with Crippen molar-refractivity contribution in [2.24, 2.45) is 5.92 Å². The molecule has 0 unspecified atom stereocenters. The Morgan fingerprint density at radius 1 is 1.32 bits per heavy atom. The lowest BCUT2D eigenvalue weighted by atomic mass is 10.1. The predicted molar refractivity (Wildman–Crippen MR) is 95.2 cm³/mol. The van der Waals surface area contributed by atoms with Crippen LogP contribution in [0, 0.1) is 17.6 Å². The number of hydrogen-bond donors (Lipinski definition) is 3. The van der Waals surface area contributed by atoms with Gasteiger partial charge in [-0.2, -0.15) is 4.39 Å². The Labute approximate surface area is 158 Å². The zero-order valence-corrected chi connectivity index (χ0v) is 15.0. The van der Waals surface area contributed by atoms with Gasteiger partial charge in [0.25, 0.3) is 5.91 Å². The molecule has 0 radical (unpaired) electrons. The van der Waals surface area contributed by atoms with Crippen LogP contribution in [0.4, 0.5) is 26.0 Å². The van der Waals surface area contributed by atoms with Crippen LogP contribution in [0.3, 0.4) is 0 Å². The number of nitrogens with zero attached hydrogens (tertiary/aromatic N) is 1. The van der Waals surface area contributed by atoms with Crippen LogP contribution in [0.2, 0.25) is 0 Å². The molecule has 1 aromatic carbocycles. The average molecular weight is 390 g/mol. The maximum absolute atomic E-state index is 14.1. The molecule has 0 saturated heterocycles. The number of methoxy groups -OCH3 is 1. The fraction of sp³-hybridized carbons (Fsp3) is 0.278. The highest BCUT2D eigenvalue weighted by Gasteiger charge is 2.34. The molecule has 4 rings (SSSR count). The van der Waals surface area contributed by atoms with E-state index in [2.05, 4.69) is 20.9 Å². The second-order valence-electron chi connectivity index (χ2n) is 6.37. The van der Waals surface area contributed by atoms with E-state index in [4.69, 9.17) is 9.47 Å². The second kappa shape index (κ2) is 6.63. The molecule has 8 nitrogen and oxygen atoms in total. The maximum Gasteiger partial charge on any atom is 0.254 e. The molecule has 2 amide bonds. The van der Waals surface area contributed by atoms with E-state index in [-0.39, 0.29) is 46.1 Å². The Morgan fingerprint density at radius 3 is 2.71 bits per heavy atom. The van der Waals surface area contributed by atoms with Gasteiger partial charge in [0.2, 0.25) is 11.7 Å². The number of carbonyl (C=O) groups is 2. The van der Waals surface area contributed by atoms with Gasteiger partial charge in [-0.3, -0.25) is 9.59 Å². The molecular weight excluding hydrogens is 374 g/mol. The van der Waals surface area contributed by atoms with Crippen LogP contribution >= 0.6 is 0 Å². The van der Waals surface area contributed by atoms with E-state index >= 15 is 0 Å². The van der Waals surface area contributed by atoms with Crippen LogP contribution in [-0.2, 0) is 4.79 Å². The van der Waals surface area contributed by atoms with E-state index in [0.717, 1.165) is 18.9 Å². The van der Waals surface area contributed by atoms with Crippen LogP contribution in [-0.4, -0.2) is 31.0 Å². The summed E-state index contributed by atoms with van der Waals surface area (Å²) < 4.78 is 38.7. The Balaban J connectivity index is 1.84. The molecule has 1 fully saturated rings. The molecule has 10 heteroatoms. The monoisotopic (exact) mass is 390 g/mol. The van der Waals surface area contributed by atoms with Gasteiger partial charge in [-0.1, -0.05) is 0 Å². The van der Waals surface area contributed by atoms with Crippen molar-refractivity contribution in [2.45, 2.75) is 12.8 Å². The molecule has 2 heterocycles. The van der Waals surface area contributed by atoms with Crippen molar-refractivity contribution in [3.8, 4) is 17.2 Å². The van der Waals surface area contributed by atoms with Gasteiger partial charge in [-0.05, 0) is 12.8 Å². The summed E-state index contributed by atoms with van der Waals surface area (Å²) in [4.78, 5) is 28.5. The van der Waals surface area contributed by atoms with Crippen LogP contribution in [0.15, 0.2) is 12.3 Å². The van der Waals surface area contributed by atoms with E-state index in [9.17, 15) is 18.4 Å². The summed E-state index contributed by atoms with van der Waals surface area (Å²) in [5.41, 5.74) is 0.265. The molecule has 2 aliphatic rings. The van der Waals surface area contributed by atoms with Gasteiger partial charge in [0.15, 0.2) is 28.9 Å². The highest BCUT2D eigenvalue weighted by Crippen LogP contribution is 2.51. The number of pyridine rings is 1. The van der Waals surface area contributed by atoms with Gasteiger partial charge in [-0.15, -0.1) is 0 Å². The second-order valence-corrected chi connectivity index (χ2v) is 6.37. The van der Waals surface area contributed by atoms with Crippen LogP contribution in [0.1, 0.15) is 23.2 Å². The van der Waals surface area contributed by atoms with E-state index in [1.807, 2.05) is 0 Å². The number of amides is 2. The fourth-order valence-corrected chi connectivity index (χ4v) is 2.88. The maximum atomic E-state index is 14.1. The minimum atomic E-state index is -1.20. The third kappa shape index (κ3) is 2.86. The molecule has 0 bridgehead atoms. The lowest BCUT2D eigenvalue weighted by Crippen LogP contribution is -2.22. The number of ether oxygens (including phenoxy) is 2. The summed E-state index contributed by atoms with van der Waals surface area (Å²) in [5, 5.41) is 7.98. The van der Waals surface area contributed by atoms with Gasteiger partial charge in [-0.25, -0.2) is 9.37 Å². The molecule has 1 aliphatic heterocycles. The van der Waals surface area contributed by atoms with Crippen molar-refractivity contribution in [2.75, 3.05) is 24.8 Å². The molecule has 2 aromatic rings. The first-order valence-electron chi connectivity index (χ1n) is 8.51. The first-order chi connectivity index (χ1) is 13.4. The van der Waals surface area contributed by atoms with E-state index in [0.29, 0.717) is 0 Å². The summed E-state index contributed by atoms with van der Waals surface area (Å²) in [6.07, 6.45) is 2.83. The SMILES string of the molecule is CNC(=O)c1cnc(NC(=O)C2CC2)c2c1Nc1c(cc(F)c(F)c1OC)O2. The molecule has 1 saturated carbocycles. The first-order valence-corrected chi connectivity index (χ1v) is 8.51. The van der Waals surface area contributed by atoms with E-state index in [1.165, 1.54) is 20.4 Å². The Kier molecular flexibility index (Phi) is 4.25. The summed E-state index contributed by atoms with van der Waals surface area (Å²) in [7, 11) is 2.62. The number of nitrogens with one attached hydrogen (secondary N) is 3. The van der Waals surface area contributed by atoms with Crippen molar-refractivity contribution < 1.29 is 27.8 Å². The normalized spacial score (nSPS) is 14.1. The standard InChI is InChI=1S/C18H16F2N4O4/c1-21-18(26)8-6-22-16(24-17(25)7-3-4-7)15-12(8)23-13-10(28-15)5-9(19)11(20)14(13)27-2/h5-7,23H,3-4H2,1-2H3,(H,21,26)(H,22,24,25). The number of benzene rings is 1. The lowest BCUT2D eigenvalue weighted by molar-refractivity contribution is -0.117. The molecule has 1 aliphatic carbocycles. The van der Waals surface area contributed by atoms with Crippen molar-refractivity contribution in [1.82, 2.24) is 10.3 Å². The Morgan fingerprint density at radius 2 is 2.07 bits per heavy atom. The zero-order valence-electron chi connectivity index (χ0n) is 15.0.